The topological polar surface area (TPSA) is 125 Å². The molecule has 0 bridgehead atoms. The smallest absolute Gasteiger partial charge is 0.328 e. The van der Waals surface area contributed by atoms with E-state index in [-0.39, 0.29) is 11.8 Å². The Morgan fingerprint density at radius 2 is 1.48 bits per heavy atom. The summed E-state index contributed by atoms with van der Waals surface area (Å²) in [6.07, 6.45) is 2.86. The first-order chi connectivity index (χ1) is 15.5. The Morgan fingerprint density at radius 3 is 1.97 bits per heavy atom. The van der Waals surface area contributed by atoms with Crippen molar-refractivity contribution in [1.82, 2.24) is 20.4 Å². The monoisotopic (exact) mass is 502 g/mol. The van der Waals surface area contributed by atoms with Crippen molar-refractivity contribution in [3.8, 4) is 0 Å². The lowest BCUT2D eigenvalue weighted by molar-refractivity contribution is -0.146. The highest BCUT2D eigenvalue weighted by molar-refractivity contribution is 8.01. The minimum atomic E-state index is -0.835. The van der Waals surface area contributed by atoms with Crippen LogP contribution in [0.3, 0.4) is 0 Å². The molecule has 10 nitrogen and oxygen atoms in total. The molecule has 0 unspecified atom stereocenters. The van der Waals surface area contributed by atoms with E-state index in [4.69, 9.17) is 4.74 Å². The average molecular weight is 503 g/mol. The molecule has 2 saturated heterocycles. The van der Waals surface area contributed by atoms with Gasteiger partial charge in [-0.1, -0.05) is 0 Å². The Kier molecular flexibility index (Phi) is 9.48. The summed E-state index contributed by atoms with van der Waals surface area (Å²) in [6.45, 7) is 7.93. The normalized spacial score (nSPS) is 24.2. The third-order valence-corrected chi connectivity index (χ3v) is 8.76. The van der Waals surface area contributed by atoms with Crippen LogP contribution in [0.1, 0.15) is 47.0 Å². The minimum absolute atomic E-state index is 0.201. The fourth-order valence-electron chi connectivity index (χ4n) is 3.89. The van der Waals surface area contributed by atoms with Crippen LogP contribution in [0.25, 0.3) is 0 Å². The molecule has 3 atom stereocenters. The standard InChI is InChI=1S/C21H34N4O6S2/c1-20(2)24(12-26)15(10-32-20)17(28)22-9-7-6-8-14(19(30)31-5)23-18(29)16-11-33-21(3,4)25(16)13-27/h12-16H,6-11H2,1-5H3,(H,22,28)(H,23,29)/t14-,15-,16-/m0/s1. The van der Waals surface area contributed by atoms with Gasteiger partial charge in [0.25, 0.3) is 0 Å². The van der Waals surface area contributed by atoms with Crippen molar-refractivity contribution < 1.29 is 28.7 Å². The van der Waals surface area contributed by atoms with Crippen LogP contribution < -0.4 is 10.6 Å². The molecular weight excluding hydrogens is 468 g/mol. The summed E-state index contributed by atoms with van der Waals surface area (Å²) in [5.41, 5.74) is 0. The summed E-state index contributed by atoms with van der Waals surface area (Å²) < 4.78 is 4.82. The molecule has 0 spiro atoms. The number of nitrogens with zero attached hydrogens (tertiary/aromatic N) is 2. The van der Waals surface area contributed by atoms with Crippen LogP contribution in [-0.2, 0) is 28.7 Å². The number of rotatable bonds is 11. The number of amides is 4. The number of methoxy groups -OCH3 is 1. The largest absolute Gasteiger partial charge is 0.467 e. The fourth-order valence-corrected chi connectivity index (χ4v) is 6.29. The van der Waals surface area contributed by atoms with Crippen LogP contribution in [0.15, 0.2) is 0 Å². The van der Waals surface area contributed by atoms with Gasteiger partial charge in [0.1, 0.15) is 18.1 Å². The summed E-state index contributed by atoms with van der Waals surface area (Å²) >= 11 is 3.05. The molecule has 2 heterocycles. The molecule has 2 fully saturated rings. The number of carbonyl (C=O) groups excluding carboxylic acids is 5. The Bertz CT molecular complexity index is 763. The van der Waals surface area contributed by atoms with E-state index < -0.39 is 33.8 Å². The summed E-state index contributed by atoms with van der Waals surface area (Å²) in [4.78, 5) is 62.3. The zero-order valence-electron chi connectivity index (χ0n) is 19.8. The second kappa shape index (κ2) is 11.5. The molecule has 2 aliphatic heterocycles. The molecule has 2 N–H and O–H groups in total. The number of thioether (sulfide) groups is 2. The van der Waals surface area contributed by atoms with E-state index in [0.717, 1.165) is 0 Å². The van der Waals surface area contributed by atoms with Crippen LogP contribution in [0.2, 0.25) is 0 Å². The lowest BCUT2D eigenvalue weighted by Crippen LogP contribution is -2.53. The molecule has 0 aliphatic carbocycles. The quantitative estimate of drug-likeness (QED) is 0.238. The molecule has 4 amide bonds. The van der Waals surface area contributed by atoms with Crippen molar-refractivity contribution in [1.29, 1.82) is 0 Å². The van der Waals surface area contributed by atoms with E-state index in [1.807, 2.05) is 27.7 Å². The van der Waals surface area contributed by atoms with Crippen LogP contribution in [0.5, 0.6) is 0 Å². The maximum Gasteiger partial charge on any atom is 0.328 e. The third-order valence-electron chi connectivity index (χ3n) is 5.96. The maximum atomic E-state index is 12.7. The number of hydrogen-bond acceptors (Lipinski definition) is 8. The van der Waals surface area contributed by atoms with Gasteiger partial charge in [0.2, 0.25) is 24.6 Å². The van der Waals surface area contributed by atoms with E-state index in [1.165, 1.54) is 28.7 Å². The highest BCUT2D eigenvalue weighted by atomic mass is 32.2. The third kappa shape index (κ3) is 6.56. The molecule has 0 aromatic heterocycles. The van der Waals surface area contributed by atoms with Gasteiger partial charge in [-0.05, 0) is 47.0 Å². The van der Waals surface area contributed by atoms with E-state index in [0.29, 0.717) is 50.1 Å². The molecule has 186 valence electrons. The van der Waals surface area contributed by atoms with E-state index in [9.17, 15) is 24.0 Å². The summed E-state index contributed by atoms with van der Waals surface area (Å²) in [6, 6.07) is -1.99. The van der Waals surface area contributed by atoms with E-state index in [2.05, 4.69) is 10.6 Å². The first-order valence-corrected chi connectivity index (χ1v) is 12.9. The number of hydrogen-bond donors (Lipinski definition) is 2. The molecule has 0 aromatic carbocycles. The summed E-state index contributed by atoms with van der Waals surface area (Å²) in [5.74, 6) is -0.151. The van der Waals surface area contributed by atoms with Crippen molar-refractivity contribution >= 4 is 54.1 Å². The van der Waals surface area contributed by atoms with Gasteiger partial charge in [0, 0.05) is 18.1 Å². The lowest BCUT2D eigenvalue weighted by atomic mass is 10.1. The van der Waals surface area contributed by atoms with Gasteiger partial charge >= 0.3 is 5.97 Å². The maximum absolute atomic E-state index is 12.7. The van der Waals surface area contributed by atoms with Crippen LogP contribution in [0.4, 0.5) is 0 Å². The number of unbranched alkanes of at least 4 members (excludes halogenated alkanes) is 1. The van der Waals surface area contributed by atoms with Gasteiger partial charge in [-0.15, -0.1) is 23.5 Å². The zero-order valence-corrected chi connectivity index (χ0v) is 21.4. The van der Waals surface area contributed by atoms with Crippen molar-refractivity contribution in [2.45, 2.75) is 74.8 Å². The van der Waals surface area contributed by atoms with Crippen molar-refractivity contribution in [3.63, 3.8) is 0 Å². The van der Waals surface area contributed by atoms with Crippen LogP contribution in [0, 0.1) is 0 Å². The number of carbonyl (C=O) groups is 5. The van der Waals surface area contributed by atoms with E-state index >= 15 is 0 Å². The molecule has 33 heavy (non-hydrogen) atoms. The van der Waals surface area contributed by atoms with Crippen LogP contribution in [-0.4, -0.2) is 93.4 Å². The summed E-state index contributed by atoms with van der Waals surface area (Å²) in [7, 11) is 1.26. The van der Waals surface area contributed by atoms with Gasteiger partial charge in [-0.25, -0.2) is 4.79 Å². The number of ether oxygens (including phenoxy) is 1. The van der Waals surface area contributed by atoms with Gasteiger partial charge < -0.3 is 25.2 Å². The Morgan fingerprint density at radius 1 is 0.970 bits per heavy atom. The van der Waals surface area contributed by atoms with Crippen molar-refractivity contribution in [2.75, 3.05) is 25.2 Å². The molecular formula is C21H34N4O6S2. The Balaban J connectivity index is 1.81. The first kappa shape index (κ1) is 27.3. The second-order valence-electron chi connectivity index (χ2n) is 8.94. The minimum Gasteiger partial charge on any atom is -0.467 e. The predicted octanol–water partition coefficient (Wildman–Crippen LogP) is 0.551. The molecule has 2 rings (SSSR count). The molecule has 0 radical (unpaired) electrons. The van der Waals surface area contributed by atoms with Crippen molar-refractivity contribution in [2.24, 2.45) is 0 Å². The SMILES string of the molecule is COC(=O)[C@H](CCCCNC(=O)[C@@H]1CSC(C)(C)N1C=O)NC(=O)[C@@H]1CSC(C)(C)N1C=O. The van der Waals surface area contributed by atoms with Gasteiger partial charge in [0.05, 0.1) is 16.9 Å². The highest BCUT2D eigenvalue weighted by Gasteiger charge is 2.44. The fraction of sp³-hybridized carbons (Fsp3) is 0.762. The van der Waals surface area contributed by atoms with Gasteiger partial charge in [-0.2, -0.15) is 0 Å². The Labute approximate surface area is 203 Å². The van der Waals surface area contributed by atoms with Crippen molar-refractivity contribution in [3.05, 3.63) is 0 Å². The highest BCUT2D eigenvalue weighted by Crippen LogP contribution is 2.38. The van der Waals surface area contributed by atoms with Gasteiger partial charge in [0.15, 0.2) is 0 Å². The number of esters is 1. The molecule has 2 aliphatic rings. The number of nitrogens with one attached hydrogen (secondary N) is 2. The lowest BCUT2D eigenvalue weighted by Gasteiger charge is -2.31. The second-order valence-corrected chi connectivity index (χ2v) is 12.2. The first-order valence-electron chi connectivity index (χ1n) is 10.9. The predicted molar refractivity (Wildman–Crippen MR) is 127 cm³/mol. The molecule has 12 heteroatoms. The molecule has 0 saturated carbocycles. The van der Waals surface area contributed by atoms with E-state index in [1.54, 1.807) is 11.8 Å². The Hall–Kier alpha value is -1.95. The molecule has 0 aromatic rings. The average Bonchev–Trinajstić information content (AvgIpc) is 3.25. The summed E-state index contributed by atoms with van der Waals surface area (Å²) in [5, 5.41) is 5.56. The zero-order chi connectivity index (χ0) is 24.8. The van der Waals surface area contributed by atoms with Gasteiger partial charge in [-0.3, -0.25) is 19.2 Å². The van der Waals surface area contributed by atoms with Crippen LogP contribution >= 0.6 is 23.5 Å².